The van der Waals surface area contributed by atoms with Crippen LogP contribution in [0.1, 0.15) is 21.6 Å². The molecule has 0 aliphatic carbocycles. The summed E-state index contributed by atoms with van der Waals surface area (Å²) < 4.78 is 16.8. The Morgan fingerprint density at radius 1 is 1.07 bits per heavy atom. The maximum absolute atomic E-state index is 12.9. The lowest BCUT2D eigenvalue weighted by Crippen LogP contribution is -2.04. The van der Waals surface area contributed by atoms with Crippen LogP contribution < -0.4 is 0 Å². The quantitative estimate of drug-likeness (QED) is 0.562. The van der Waals surface area contributed by atoms with Crippen LogP contribution in [0.5, 0.6) is 0 Å². The Kier molecular flexibility index (Phi) is 6.10. The molecule has 3 aromatic rings. The number of carbonyl (C=O) groups is 1. The van der Waals surface area contributed by atoms with Crippen LogP contribution in [-0.4, -0.2) is 26.3 Å². The van der Waals surface area contributed by atoms with Gasteiger partial charge in [-0.3, -0.25) is 9.78 Å². The van der Waals surface area contributed by atoms with Crippen molar-refractivity contribution in [1.29, 1.82) is 0 Å². The second kappa shape index (κ2) is 8.53. The number of aromatic nitrogens is 2. The minimum absolute atomic E-state index is 0.176. The zero-order valence-corrected chi connectivity index (χ0v) is 16.9. The molecule has 1 unspecified atom stereocenters. The highest BCUT2D eigenvalue weighted by Gasteiger charge is 2.13. The van der Waals surface area contributed by atoms with E-state index in [1.807, 2.05) is 6.07 Å². The summed E-state index contributed by atoms with van der Waals surface area (Å²) in [6.07, 6.45) is 5.86. The van der Waals surface area contributed by atoms with Crippen LogP contribution in [0.4, 0.5) is 0 Å². The van der Waals surface area contributed by atoms with Gasteiger partial charge in [0.2, 0.25) is 0 Å². The number of benzene rings is 1. The van der Waals surface area contributed by atoms with Gasteiger partial charge in [-0.15, -0.1) is 0 Å². The molecule has 28 heavy (non-hydrogen) atoms. The number of pyridine rings is 2. The van der Waals surface area contributed by atoms with Gasteiger partial charge in [-0.1, -0.05) is 35.2 Å². The minimum atomic E-state index is -3.04. The van der Waals surface area contributed by atoms with Gasteiger partial charge in [-0.25, -0.2) is 9.19 Å². The third-order valence-electron chi connectivity index (χ3n) is 3.52. The second-order valence-electron chi connectivity index (χ2n) is 5.73. The van der Waals surface area contributed by atoms with Crippen LogP contribution in [0.2, 0.25) is 10.0 Å². The van der Waals surface area contributed by atoms with Crippen molar-refractivity contribution in [3.8, 4) is 11.8 Å². The zero-order valence-electron chi connectivity index (χ0n) is 14.6. The third-order valence-corrected chi connectivity index (χ3v) is 5.58. The molecule has 1 atom stereocenters. The second-order valence-corrected chi connectivity index (χ2v) is 8.86. The highest BCUT2D eigenvalue weighted by molar-refractivity contribution is 7.93. The van der Waals surface area contributed by atoms with E-state index in [0.29, 0.717) is 21.3 Å². The summed E-state index contributed by atoms with van der Waals surface area (Å²) in [6, 6.07) is 11.4. The van der Waals surface area contributed by atoms with Crippen LogP contribution in [0.3, 0.4) is 0 Å². The van der Waals surface area contributed by atoms with Crippen LogP contribution in [0.15, 0.2) is 70.3 Å². The number of halogens is 2. The zero-order chi connectivity index (χ0) is 20.1. The van der Waals surface area contributed by atoms with Gasteiger partial charge in [-0.2, -0.15) is 4.36 Å². The molecule has 0 saturated heterocycles. The van der Waals surface area contributed by atoms with Crippen molar-refractivity contribution in [1.82, 2.24) is 9.97 Å². The van der Waals surface area contributed by atoms with Gasteiger partial charge in [0.15, 0.2) is 0 Å². The Balaban J connectivity index is 1.91. The SMILES string of the molecule is CS(=O)(=NC(=O)c1cncc(C#Cc2ccccn2)c1)c1cc(Cl)cc(Cl)c1. The van der Waals surface area contributed by atoms with Gasteiger partial charge >= 0.3 is 0 Å². The summed E-state index contributed by atoms with van der Waals surface area (Å²) in [7, 11) is -3.04. The molecule has 1 amide bonds. The van der Waals surface area contributed by atoms with Crippen LogP contribution >= 0.6 is 23.2 Å². The maximum atomic E-state index is 12.9. The molecular formula is C20H13Cl2N3O2S. The summed E-state index contributed by atoms with van der Waals surface area (Å²) in [6.45, 7) is 0. The first kappa shape index (κ1) is 20.0. The lowest BCUT2D eigenvalue weighted by Gasteiger charge is -2.05. The van der Waals surface area contributed by atoms with E-state index in [1.54, 1.807) is 18.3 Å². The first-order valence-electron chi connectivity index (χ1n) is 7.94. The highest BCUT2D eigenvalue weighted by atomic mass is 35.5. The Hall–Kier alpha value is -2.72. The Morgan fingerprint density at radius 2 is 1.82 bits per heavy atom. The van der Waals surface area contributed by atoms with Crippen LogP contribution in [-0.2, 0) is 9.73 Å². The first-order valence-corrected chi connectivity index (χ1v) is 10.6. The van der Waals surface area contributed by atoms with E-state index >= 15 is 0 Å². The fourth-order valence-electron chi connectivity index (χ4n) is 2.21. The van der Waals surface area contributed by atoms with Crippen molar-refractivity contribution in [3.05, 3.63) is 87.9 Å². The summed E-state index contributed by atoms with van der Waals surface area (Å²) in [5.74, 6) is 5.11. The van der Waals surface area contributed by atoms with Crippen molar-refractivity contribution < 1.29 is 9.00 Å². The standard InChI is InChI=1S/C20H13Cl2N3O2S/c1-28(27,19-10-16(21)9-17(22)11-19)25-20(26)15-8-14(12-23-13-15)5-6-18-4-2-3-7-24-18/h2-4,7-13H,1H3. The van der Waals surface area contributed by atoms with Crippen LogP contribution in [0.25, 0.3) is 0 Å². The van der Waals surface area contributed by atoms with Crippen molar-refractivity contribution in [3.63, 3.8) is 0 Å². The number of hydrogen-bond donors (Lipinski definition) is 0. The lowest BCUT2D eigenvalue weighted by molar-refractivity contribution is 0.100. The largest absolute Gasteiger partial charge is 0.286 e. The molecule has 3 rings (SSSR count). The molecule has 8 heteroatoms. The Morgan fingerprint density at radius 3 is 2.50 bits per heavy atom. The van der Waals surface area contributed by atoms with E-state index in [1.165, 1.54) is 42.9 Å². The third kappa shape index (κ3) is 5.17. The lowest BCUT2D eigenvalue weighted by atomic mass is 10.2. The van der Waals surface area contributed by atoms with E-state index < -0.39 is 15.6 Å². The van der Waals surface area contributed by atoms with Crippen molar-refractivity contribution in [2.24, 2.45) is 4.36 Å². The fraction of sp³-hybridized carbons (Fsp3) is 0.0500. The predicted molar refractivity (Wildman–Crippen MR) is 110 cm³/mol. The van der Waals surface area contributed by atoms with E-state index in [-0.39, 0.29) is 10.5 Å². The average Bonchev–Trinajstić information content (AvgIpc) is 2.66. The molecule has 0 fully saturated rings. The van der Waals surface area contributed by atoms with E-state index in [2.05, 4.69) is 26.2 Å². The van der Waals surface area contributed by atoms with Crippen molar-refractivity contribution >= 4 is 38.8 Å². The highest BCUT2D eigenvalue weighted by Crippen LogP contribution is 2.23. The van der Waals surface area contributed by atoms with E-state index in [4.69, 9.17) is 23.2 Å². The number of carbonyl (C=O) groups excluding carboxylic acids is 1. The Bertz CT molecular complexity index is 1200. The smallest absolute Gasteiger partial charge is 0.266 e. The van der Waals surface area contributed by atoms with Gasteiger partial charge in [0.1, 0.15) is 5.69 Å². The molecule has 5 nitrogen and oxygen atoms in total. The summed E-state index contributed by atoms with van der Waals surface area (Å²) in [5.41, 5.74) is 1.29. The first-order chi connectivity index (χ1) is 13.3. The Labute approximate surface area is 172 Å². The number of rotatable bonds is 2. The normalized spacial score (nSPS) is 12.4. The molecule has 0 aliphatic heterocycles. The summed E-state index contributed by atoms with van der Waals surface area (Å²) >= 11 is 11.9. The van der Waals surface area contributed by atoms with Gasteiger partial charge in [0, 0.05) is 40.5 Å². The van der Waals surface area contributed by atoms with E-state index in [0.717, 1.165) is 0 Å². The molecule has 0 bridgehead atoms. The molecule has 0 N–H and O–H groups in total. The number of amides is 1. The van der Waals surface area contributed by atoms with Gasteiger partial charge < -0.3 is 0 Å². The molecule has 0 radical (unpaired) electrons. The molecule has 0 aliphatic rings. The van der Waals surface area contributed by atoms with Crippen molar-refractivity contribution in [2.45, 2.75) is 4.90 Å². The van der Waals surface area contributed by atoms with Gasteiger partial charge in [0.25, 0.3) is 5.91 Å². The molecule has 0 spiro atoms. The molecule has 2 aromatic heterocycles. The minimum Gasteiger partial charge on any atom is -0.266 e. The topological polar surface area (TPSA) is 72.3 Å². The predicted octanol–water partition coefficient (Wildman–Crippen LogP) is 4.48. The maximum Gasteiger partial charge on any atom is 0.286 e. The van der Waals surface area contributed by atoms with Crippen LogP contribution in [0, 0.1) is 11.8 Å². The molecule has 1 aromatic carbocycles. The van der Waals surface area contributed by atoms with Gasteiger partial charge in [0.05, 0.1) is 20.2 Å². The number of nitrogens with zero attached hydrogens (tertiary/aromatic N) is 3. The summed E-state index contributed by atoms with van der Waals surface area (Å²) in [5, 5.41) is 0.626. The molecule has 0 saturated carbocycles. The molecule has 140 valence electrons. The van der Waals surface area contributed by atoms with E-state index in [9.17, 15) is 9.00 Å². The number of hydrogen-bond acceptors (Lipinski definition) is 4. The fourth-order valence-corrected chi connectivity index (χ4v) is 4.08. The monoisotopic (exact) mass is 429 g/mol. The van der Waals surface area contributed by atoms with Gasteiger partial charge in [-0.05, 0) is 42.3 Å². The molecular weight excluding hydrogens is 417 g/mol. The molecule has 2 heterocycles. The average molecular weight is 430 g/mol. The summed E-state index contributed by atoms with van der Waals surface area (Å²) in [4.78, 5) is 20.9. The van der Waals surface area contributed by atoms with Crippen molar-refractivity contribution in [2.75, 3.05) is 6.26 Å².